The molecule has 2 heterocycles. The summed E-state index contributed by atoms with van der Waals surface area (Å²) in [5.41, 5.74) is 11.6. The number of hydrogen-bond acceptors (Lipinski definition) is 5. The summed E-state index contributed by atoms with van der Waals surface area (Å²) in [6.45, 7) is 4.62. The Morgan fingerprint density at radius 3 is 2.38 bits per heavy atom. The SMILES string of the molecule is CCCCC1(CCCC)c2ccccc2-c2cc(N3c4ccc(-c5ccc(/C=C6\C(=O)c7ccc(C(=O)O)cc7C6=O)s5)cc4C4CCCC43)ccc21. The van der Waals surface area contributed by atoms with E-state index in [4.69, 9.17) is 0 Å². The number of allylic oxidation sites excluding steroid dienone is 1. The normalized spacial score (nSPS) is 19.7. The molecule has 9 rings (SSSR count). The fourth-order valence-corrected chi connectivity index (χ4v) is 10.8. The monoisotopic (exact) mass is 717 g/mol. The van der Waals surface area contributed by atoms with Crippen LogP contribution in [0.5, 0.6) is 0 Å². The van der Waals surface area contributed by atoms with Crippen molar-refractivity contribution in [3.05, 3.63) is 135 Å². The number of thiophene rings is 1. The number of rotatable bonds is 10. The van der Waals surface area contributed by atoms with Crippen molar-refractivity contribution in [1.29, 1.82) is 0 Å². The molecular weight excluding hydrogens is 675 g/mol. The van der Waals surface area contributed by atoms with Gasteiger partial charge in [-0.05, 0) is 120 Å². The first kappa shape index (κ1) is 33.7. The molecular formula is C47H43NO4S. The number of aromatic carboxylic acids is 1. The van der Waals surface area contributed by atoms with Gasteiger partial charge in [0.25, 0.3) is 0 Å². The van der Waals surface area contributed by atoms with Crippen LogP contribution in [0.15, 0.2) is 96.6 Å². The van der Waals surface area contributed by atoms with Crippen LogP contribution in [0.4, 0.5) is 11.4 Å². The summed E-state index contributed by atoms with van der Waals surface area (Å²) in [5, 5.41) is 9.38. The summed E-state index contributed by atoms with van der Waals surface area (Å²) < 4.78 is 0. The van der Waals surface area contributed by atoms with Crippen LogP contribution in [0, 0.1) is 0 Å². The molecule has 2 atom stereocenters. The van der Waals surface area contributed by atoms with Crippen molar-refractivity contribution in [1.82, 2.24) is 0 Å². The number of Topliss-reactive ketones (excluding diaryl/α,β-unsaturated/α-hetero) is 2. The molecule has 5 aromatic rings. The Bertz CT molecular complexity index is 2360. The first-order valence-corrected chi connectivity index (χ1v) is 20.1. The fraction of sp³-hybridized carbons (Fsp3) is 0.298. The van der Waals surface area contributed by atoms with E-state index in [-0.39, 0.29) is 33.5 Å². The van der Waals surface area contributed by atoms with Crippen molar-refractivity contribution in [2.75, 3.05) is 4.90 Å². The molecule has 1 fully saturated rings. The first-order chi connectivity index (χ1) is 25.8. The molecule has 5 nitrogen and oxygen atoms in total. The summed E-state index contributed by atoms with van der Waals surface area (Å²) in [6, 6.07) is 32.0. The minimum absolute atomic E-state index is 0.00223. The molecule has 1 saturated carbocycles. The van der Waals surface area contributed by atoms with Crippen molar-refractivity contribution in [2.24, 2.45) is 0 Å². The smallest absolute Gasteiger partial charge is 0.335 e. The number of nitrogens with zero attached hydrogens (tertiary/aromatic N) is 1. The number of carboxylic acid groups (broad SMARTS) is 1. The number of unbranched alkanes of at least 4 members (excludes halogenated alkanes) is 2. The zero-order valence-electron chi connectivity index (χ0n) is 30.3. The van der Waals surface area contributed by atoms with Gasteiger partial charge in [-0.2, -0.15) is 0 Å². The minimum atomic E-state index is -1.13. The lowest BCUT2D eigenvalue weighted by Crippen LogP contribution is -2.27. The summed E-state index contributed by atoms with van der Waals surface area (Å²) in [4.78, 5) is 42.4. The highest BCUT2D eigenvalue weighted by Crippen LogP contribution is 2.57. The van der Waals surface area contributed by atoms with Crippen LogP contribution in [-0.2, 0) is 5.41 Å². The standard InChI is InChI=1S/C47H43NO4S/c1-3-5-22-47(23-6-4-2)39-12-8-7-10-32(39)35-26-30(16-19-40(35)47)48-41-13-9-11-33(41)36-24-28(15-20-42(36)48)43-21-17-31(53-43)27-38-44(49)34-18-14-29(46(51)52)25-37(34)45(38)50/h7-8,10,12,14-21,24-27,33,41H,3-6,9,11,13,22-23H2,1-2H3,(H,51,52)/b38-27+. The Morgan fingerprint density at radius 2 is 1.58 bits per heavy atom. The summed E-state index contributed by atoms with van der Waals surface area (Å²) in [5.74, 6) is -1.43. The zero-order valence-corrected chi connectivity index (χ0v) is 31.1. The number of anilines is 2. The van der Waals surface area contributed by atoms with Crippen LogP contribution < -0.4 is 4.90 Å². The van der Waals surface area contributed by atoms with Gasteiger partial charge >= 0.3 is 5.97 Å². The maximum absolute atomic E-state index is 13.2. The van der Waals surface area contributed by atoms with E-state index >= 15 is 0 Å². The second kappa shape index (κ2) is 13.1. The number of hydrogen-bond donors (Lipinski definition) is 1. The van der Waals surface area contributed by atoms with Gasteiger partial charge in [0.15, 0.2) is 11.6 Å². The molecule has 1 aromatic heterocycles. The molecule has 53 heavy (non-hydrogen) atoms. The molecule has 4 aromatic carbocycles. The largest absolute Gasteiger partial charge is 0.478 e. The van der Waals surface area contributed by atoms with Crippen molar-refractivity contribution in [2.45, 2.75) is 89.0 Å². The average Bonchev–Trinajstić information content (AvgIpc) is 4.00. The van der Waals surface area contributed by atoms with Gasteiger partial charge in [0.1, 0.15) is 0 Å². The van der Waals surface area contributed by atoms with Crippen molar-refractivity contribution in [3.63, 3.8) is 0 Å². The predicted molar refractivity (Wildman–Crippen MR) is 214 cm³/mol. The Hall–Kier alpha value is -5.07. The Kier molecular flexibility index (Phi) is 8.34. The third-order valence-corrected chi connectivity index (χ3v) is 13.5. The summed E-state index contributed by atoms with van der Waals surface area (Å²) in [6.07, 6.45) is 12.5. The van der Waals surface area contributed by atoms with Crippen LogP contribution in [0.1, 0.15) is 130 Å². The Morgan fingerprint density at radius 1 is 0.811 bits per heavy atom. The third kappa shape index (κ3) is 5.28. The molecule has 0 radical (unpaired) electrons. The van der Waals surface area contributed by atoms with Crippen molar-refractivity contribution < 1.29 is 19.5 Å². The van der Waals surface area contributed by atoms with Crippen molar-refractivity contribution >= 4 is 46.3 Å². The van der Waals surface area contributed by atoms with Gasteiger partial charge in [-0.3, -0.25) is 9.59 Å². The van der Waals surface area contributed by atoms with Crippen LogP contribution in [0.2, 0.25) is 0 Å². The summed E-state index contributed by atoms with van der Waals surface area (Å²) in [7, 11) is 0. The number of benzene rings is 4. The lowest BCUT2D eigenvalue weighted by Gasteiger charge is -2.33. The topological polar surface area (TPSA) is 74.7 Å². The van der Waals surface area contributed by atoms with Gasteiger partial charge < -0.3 is 10.0 Å². The molecule has 2 unspecified atom stereocenters. The number of ketones is 2. The maximum Gasteiger partial charge on any atom is 0.335 e. The second-order valence-corrected chi connectivity index (χ2v) is 16.4. The second-order valence-electron chi connectivity index (χ2n) is 15.3. The number of fused-ring (bicyclic) bond motifs is 7. The summed E-state index contributed by atoms with van der Waals surface area (Å²) >= 11 is 1.56. The first-order valence-electron chi connectivity index (χ1n) is 19.3. The van der Waals surface area contributed by atoms with E-state index in [2.05, 4.69) is 85.5 Å². The molecule has 0 amide bonds. The van der Waals surface area contributed by atoms with Gasteiger partial charge in [-0.25, -0.2) is 4.79 Å². The van der Waals surface area contributed by atoms with Crippen molar-refractivity contribution in [3.8, 4) is 21.6 Å². The molecule has 6 heteroatoms. The maximum atomic E-state index is 13.2. The number of carbonyl (C=O) groups is 3. The Labute approximate surface area is 315 Å². The lowest BCUT2D eigenvalue weighted by molar-refractivity contribution is 0.0696. The highest BCUT2D eigenvalue weighted by atomic mass is 32.1. The molecule has 0 bridgehead atoms. The van der Waals surface area contributed by atoms with Crippen LogP contribution in [-0.4, -0.2) is 28.7 Å². The quantitative estimate of drug-likeness (QED) is 0.115. The van der Waals surface area contributed by atoms with Crippen LogP contribution >= 0.6 is 11.3 Å². The number of carbonyl (C=O) groups excluding carboxylic acids is 2. The van der Waals surface area contributed by atoms with Crippen LogP contribution in [0.3, 0.4) is 0 Å². The van der Waals surface area contributed by atoms with E-state index in [1.807, 2.05) is 6.07 Å². The van der Waals surface area contributed by atoms with E-state index in [1.165, 1.54) is 115 Å². The molecule has 1 N–H and O–H groups in total. The van der Waals surface area contributed by atoms with E-state index in [1.54, 1.807) is 17.4 Å². The highest BCUT2D eigenvalue weighted by molar-refractivity contribution is 7.16. The molecule has 266 valence electrons. The average molecular weight is 718 g/mol. The fourth-order valence-electron chi connectivity index (χ4n) is 9.88. The zero-order chi connectivity index (χ0) is 36.4. The molecule has 3 aliphatic carbocycles. The van der Waals surface area contributed by atoms with Crippen LogP contribution in [0.25, 0.3) is 27.6 Å². The minimum Gasteiger partial charge on any atom is -0.478 e. The highest BCUT2D eigenvalue weighted by Gasteiger charge is 2.45. The number of carboxylic acids is 1. The van der Waals surface area contributed by atoms with Gasteiger partial charge in [0.2, 0.25) is 0 Å². The van der Waals surface area contributed by atoms with Gasteiger partial charge in [-0.1, -0.05) is 82.3 Å². The molecule has 0 spiro atoms. The molecule has 1 aliphatic heterocycles. The van der Waals surface area contributed by atoms with E-state index in [0.717, 1.165) is 15.3 Å². The molecule has 0 saturated heterocycles. The van der Waals surface area contributed by atoms with E-state index < -0.39 is 11.8 Å². The van der Waals surface area contributed by atoms with E-state index in [9.17, 15) is 19.5 Å². The third-order valence-electron chi connectivity index (χ3n) is 12.4. The van der Waals surface area contributed by atoms with Gasteiger partial charge in [-0.15, -0.1) is 11.3 Å². The molecule has 4 aliphatic rings. The Balaban J connectivity index is 1.05. The lowest BCUT2D eigenvalue weighted by atomic mass is 9.71. The van der Waals surface area contributed by atoms with E-state index in [0.29, 0.717) is 12.0 Å². The predicted octanol–water partition coefficient (Wildman–Crippen LogP) is 12.0. The van der Waals surface area contributed by atoms with Gasteiger partial charge in [0, 0.05) is 49.6 Å². The van der Waals surface area contributed by atoms with Gasteiger partial charge in [0.05, 0.1) is 11.1 Å².